The minimum absolute atomic E-state index is 0.193. The highest BCUT2D eigenvalue weighted by Crippen LogP contribution is 2.24. The van der Waals surface area contributed by atoms with E-state index >= 15 is 0 Å². The molecule has 1 aliphatic rings. The highest BCUT2D eigenvalue weighted by molar-refractivity contribution is 5.76. The lowest BCUT2D eigenvalue weighted by molar-refractivity contribution is -0.165. The molecule has 0 fully saturated rings. The normalized spacial score (nSPS) is 17.0. The fourth-order valence-corrected chi connectivity index (χ4v) is 3.21. The van der Waals surface area contributed by atoms with Crippen molar-refractivity contribution in [2.45, 2.75) is 51.7 Å². The van der Waals surface area contributed by atoms with Crippen LogP contribution in [-0.2, 0) is 9.53 Å². The van der Waals surface area contributed by atoms with Crippen LogP contribution >= 0.6 is 0 Å². The molecule has 2 aromatic rings. The van der Waals surface area contributed by atoms with E-state index in [9.17, 15) is 9.90 Å². The summed E-state index contributed by atoms with van der Waals surface area (Å²) >= 11 is 0. The topological polar surface area (TPSA) is 75.8 Å². The Hall–Kier alpha value is -2.60. The number of allylic oxidation sites excluding steroid dienone is 2. The maximum Gasteiger partial charge on any atom is 0.335 e. The Morgan fingerprint density at radius 1 is 1.39 bits per heavy atom. The number of oxazole rings is 1. The number of anilines is 1. The molecule has 150 valence electrons. The number of benzene rings is 1. The van der Waals surface area contributed by atoms with Crippen molar-refractivity contribution in [1.29, 1.82) is 0 Å². The standard InChI is InChI=1S/C22H28N2O4/c1-4-24(21-23-18-9-5-6-10-19(18)27-21)15-7-8-16-11-13-17(14-12-16)28-22(2,3)20(25)26/h5-6,9-13,17H,4,7-8,14-15H2,1-3H3,(H,25,26). The summed E-state index contributed by atoms with van der Waals surface area (Å²) in [6.07, 6.45) is 8.57. The number of nitrogens with zero attached hydrogens (tertiary/aromatic N) is 2. The van der Waals surface area contributed by atoms with Crippen LogP contribution in [0.1, 0.15) is 40.0 Å². The third-order valence-corrected chi connectivity index (χ3v) is 4.93. The van der Waals surface area contributed by atoms with Crippen LogP contribution in [-0.4, -0.2) is 40.9 Å². The van der Waals surface area contributed by atoms with Crippen LogP contribution < -0.4 is 4.90 Å². The molecule has 1 aromatic carbocycles. The first-order chi connectivity index (χ1) is 13.4. The van der Waals surface area contributed by atoms with Crippen LogP contribution in [0.4, 0.5) is 6.01 Å². The van der Waals surface area contributed by atoms with E-state index < -0.39 is 11.6 Å². The molecule has 1 aliphatic carbocycles. The quantitative estimate of drug-likeness (QED) is 0.682. The van der Waals surface area contributed by atoms with Crippen molar-refractivity contribution >= 4 is 23.1 Å². The van der Waals surface area contributed by atoms with Gasteiger partial charge in [0, 0.05) is 13.1 Å². The fraction of sp³-hybridized carbons (Fsp3) is 0.455. The minimum atomic E-state index is -1.18. The molecule has 6 nitrogen and oxygen atoms in total. The largest absolute Gasteiger partial charge is 0.479 e. The van der Waals surface area contributed by atoms with Gasteiger partial charge in [0.25, 0.3) is 6.01 Å². The van der Waals surface area contributed by atoms with Gasteiger partial charge in [-0.25, -0.2) is 4.79 Å². The zero-order valence-corrected chi connectivity index (χ0v) is 16.7. The molecular formula is C22H28N2O4. The summed E-state index contributed by atoms with van der Waals surface area (Å²) in [5, 5.41) is 9.17. The molecule has 3 rings (SSSR count). The van der Waals surface area contributed by atoms with E-state index in [1.807, 2.05) is 36.4 Å². The summed E-state index contributed by atoms with van der Waals surface area (Å²) in [7, 11) is 0. The lowest BCUT2D eigenvalue weighted by atomic mass is 10.00. The van der Waals surface area contributed by atoms with E-state index in [4.69, 9.17) is 9.15 Å². The Bertz CT molecular complexity index is 849. The van der Waals surface area contributed by atoms with Crippen LogP contribution in [0.5, 0.6) is 0 Å². The summed E-state index contributed by atoms with van der Waals surface area (Å²) in [6.45, 7) is 6.95. The summed E-state index contributed by atoms with van der Waals surface area (Å²) in [4.78, 5) is 17.9. The molecule has 0 saturated heterocycles. The SMILES string of the molecule is CCN(CCCC1=CCC(OC(C)(C)C(=O)O)C=C1)c1nc2ccccc2o1. The molecule has 0 aliphatic heterocycles. The number of carboxylic acids is 1. The fourth-order valence-electron chi connectivity index (χ4n) is 3.21. The van der Waals surface area contributed by atoms with Gasteiger partial charge in [-0.2, -0.15) is 4.98 Å². The zero-order chi connectivity index (χ0) is 20.1. The van der Waals surface area contributed by atoms with E-state index in [2.05, 4.69) is 22.9 Å². The monoisotopic (exact) mass is 384 g/mol. The van der Waals surface area contributed by atoms with E-state index in [-0.39, 0.29) is 6.10 Å². The number of rotatable bonds is 9. The van der Waals surface area contributed by atoms with Crippen LogP contribution in [0.2, 0.25) is 0 Å². The van der Waals surface area contributed by atoms with Crippen LogP contribution in [0.15, 0.2) is 52.5 Å². The average Bonchev–Trinajstić information content (AvgIpc) is 3.10. The molecule has 0 saturated carbocycles. The maximum absolute atomic E-state index is 11.2. The van der Waals surface area contributed by atoms with Crippen molar-refractivity contribution < 1.29 is 19.1 Å². The van der Waals surface area contributed by atoms with Gasteiger partial charge in [-0.3, -0.25) is 0 Å². The second-order valence-corrected chi connectivity index (χ2v) is 7.49. The zero-order valence-electron chi connectivity index (χ0n) is 16.7. The Kier molecular flexibility index (Phi) is 6.19. The number of aliphatic carboxylic acids is 1. The van der Waals surface area contributed by atoms with Crippen molar-refractivity contribution in [3.8, 4) is 0 Å². The van der Waals surface area contributed by atoms with Crippen LogP contribution in [0.25, 0.3) is 11.1 Å². The Labute approximate surface area is 165 Å². The molecule has 1 atom stereocenters. The Morgan fingerprint density at radius 2 is 2.18 bits per heavy atom. The highest BCUT2D eigenvalue weighted by Gasteiger charge is 2.31. The minimum Gasteiger partial charge on any atom is -0.479 e. The van der Waals surface area contributed by atoms with Gasteiger partial charge in [-0.1, -0.05) is 35.9 Å². The number of hydrogen-bond acceptors (Lipinski definition) is 5. The van der Waals surface area contributed by atoms with Gasteiger partial charge < -0.3 is 19.2 Å². The summed E-state index contributed by atoms with van der Waals surface area (Å²) in [5.41, 5.74) is 1.76. The van der Waals surface area contributed by atoms with Crippen LogP contribution in [0, 0.1) is 0 Å². The second kappa shape index (κ2) is 8.61. The predicted octanol–water partition coefficient (Wildman–Crippen LogP) is 4.57. The number of hydrogen-bond donors (Lipinski definition) is 1. The molecule has 0 radical (unpaired) electrons. The van der Waals surface area contributed by atoms with Gasteiger partial charge >= 0.3 is 5.97 Å². The summed E-state index contributed by atoms with van der Waals surface area (Å²) in [6, 6.07) is 8.46. The number of carbonyl (C=O) groups is 1. The van der Waals surface area contributed by atoms with Gasteiger partial charge in [0.2, 0.25) is 0 Å². The van der Waals surface area contributed by atoms with E-state index in [1.54, 1.807) is 13.8 Å². The van der Waals surface area contributed by atoms with Gasteiger partial charge in [-0.05, 0) is 52.2 Å². The number of para-hydroxylation sites is 2. The summed E-state index contributed by atoms with van der Waals surface area (Å²) < 4.78 is 11.5. The molecule has 0 amide bonds. The number of aromatic nitrogens is 1. The van der Waals surface area contributed by atoms with Crippen LogP contribution in [0.3, 0.4) is 0 Å². The molecule has 28 heavy (non-hydrogen) atoms. The molecule has 6 heteroatoms. The molecular weight excluding hydrogens is 356 g/mol. The van der Waals surface area contributed by atoms with Gasteiger partial charge in [0.15, 0.2) is 11.2 Å². The smallest absolute Gasteiger partial charge is 0.335 e. The lowest BCUT2D eigenvalue weighted by Crippen LogP contribution is -2.38. The number of fused-ring (bicyclic) bond motifs is 1. The van der Waals surface area contributed by atoms with Crippen molar-refractivity contribution in [3.63, 3.8) is 0 Å². The first kappa shape index (κ1) is 20.1. The first-order valence-electron chi connectivity index (χ1n) is 9.78. The van der Waals surface area contributed by atoms with Crippen molar-refractivity contribution in [2.24, 2.45) is 0 Å². The van der Waals surface area contributed by atoms with Crippen molar-refractivity contribution in [3.05, 3.63) is 48.1 Å². The van der Waals surface area contributed by atoms with Crippen molar-refractivity contribution in [2.75, 3.05) is 18.0 Å². The highest BCUT2D eigenvalue weighted by atomic mass is 16.5. The Morgan fingerprint density at radius 3 is 2.82 bits per heavy atom. The molecule has 1 unspecified atom stereocenters. The third kappa shape index (κ3) is 4.81. The predicted molar refractivity (Wildman–Crippen MR) is 110 cm³/mol. The molecule has 1 N–H and O–H groups in total. The molecule has 0 spiro atoms. The maximum atomic E-state index is 11.2. The van der Waals surface area contributed by atoms with Crippen molar-refractivity contribution in [1.82, 2.24) is 4.98 Å². The summed E-state index contributed by atoms with van der Waals surface area (Å²) in [5.74, 6) is -0.950. The lowest BCUT2D eigenvalue weighted by Gasteiger charge is -2.26. The van der Waals surface area contributed by atoms with E-state index in [0.29, 0.717) is 12.4 Å². The van der Waals surface area contributed by atoms with Gasteiger partial charge in [-0.15, -0.1) is 0 Å². The second-order valence-electron chi connectivity index (χ2n) is 7.49. The van der Waals surface area contributed by atoms with Gasteiger partial charge in [0.05, 0.1) is 6.10 Å². The number of carboxylic acid groups (broad SMARTS) is 1. The van der Waals surface area contributed by atoms with Gasteiger partial charge in [0.1, 0.15) is 5.52 Å². The first-order valence-corrected chi connectivity index (χ1v) is 9.78. The molecule has 0 bridgehead atoms. The van der Waals surface area contributed by atoms with E-state index in [0.717, 1.165) is 37.0 Å². The molecule has 1 heterocycles. The van der Waals surface area contributed by atoms with E-state index in [1.165, 1.54) is 5.57 Å². The third-order valence-electron chi connectivity index (χ3n) is 4.93. The number of ether oxygens (including phenoxy) is 1. The Balaban J connectivity index is 1.49. The molecule has 1 aromatic heterocycles. The average molecular weight is 384 g/mol.